The number of carbonyl (C=O) groups is 3. The highest BCUT2D eigenvalue weighted by molar-refractivity contribution is 7.13. The van der Waals surface area contributed by atoms with Gasteiger partial charge >= 0.3 is 18.0 Å². The number of rotatable bonds is 9. The van der Waals surface area contributed by atoms with Crippen molar-refractivity contribution in [3.05, 3.63) is 58.3 Å². The molecule has 0 bridgehead atoms. The van der Waals surface area contributed by atoms with E-state index in [1.165, 1.54) is 11.3 Å². The maximum atomic E-state index is 12.7. The van der Waals surface area contributed by atoms with Gasteiger partial charge in [0.15, 0.2) is 0 Å². The Balaban J connectivity index is 1.43. The largest absolute Gasteiger partial charge is 0.464 e. The van der Waals surface area contributed by atoms with Gasteiger partial charge < -0.3 is 29.0 Å². The first-order valence-electron chi connectivity index (χ1n) is 10.5. The highest BCUT2D eigenvalue weighted by Crippen LogP contribution is 2.29. The smallest absolute Gasteiger partial charge is 0.338 e. The highest BCUT2D eigenvalue weighted by atomic mass is 32.1. The predicted octanol–water partition coefficient (Wildman–Crippen LogP) is 3.05. The van der Waals surface area contributed by atoms with E-state index in [1.54, 1.807) is 26.0 Å². The second kappa shape index (κ2) is 10.3. The molecule has 2 amide bonds. The van der Waals surface area contributed by atoms with Crippen LogP contribution in [0.4, 0.5) is 4.79 Å². The standard InChI is InChI=1S/C22H22N4O7S/c1-3-30-21(28)18-13(23-22(29)25-19(18)14-7-6-12(2)32-14)11-31-17(27)9-8-16-24-20(26-33-16)15-5-4-10-34-15/h4-7,10,19H,3,8-9,11H2,1-2H3,(H2,23,25,29)/t19-/m0/s1. The van der Waals surface area contributed by atoms with Gasteiger partial charge in [-0.3, -0.25) is 4.79 Å². The number of nitrogens with zero attached hydrogens (tertiary/aromatic N) is 2. The summed E-state index contributed by atoms with van der Waals surface area (Å²) >= 11 is 1.48. The van der Waals surface area contributed by atoms with E-state index in [0.717, 1.165) is 4.88 Å². The number of thiophene rings is 1. The molecule has 4 heterocycles. The number of amides is 2. The molecule has 0 aromatic carbocycles. The lowest BCUT2D eigenvalue weighted by Gasteiger charge is -2.27. The van der Waals surface area contributed by atoms with Crippen LogP contribution in [0, 0.1) is 6.92 Å². The molecule has 1 aliphatic heterocycles. The van der Waals surface area contributed by atoms with E-state index < -0.39 is 24.0 Å². The number of furan rings is 1. The van der Waals surface area contributed by atoms with Crippen molar-refractivity contribution in [3.63, 3.8) is 0 Å². The van der Waals surface area contributed by atoms with E-state index in [9.17, 15) is 14.4 Å². The first-order chi connectivity index (χ1) is 16.4. The lowest BCUT2D eigenvalue weighted by molar-refractivity contribution is -0.143. The minimum atomic E-state index is -0.885. The SMILES string of the molecule is CCOC(=O)C1=C(COC(=O)CCc2nc(-c3cccs3)no2)NC(=O)N[C@H]1c1ccc(C)o1. The van der Waals surface area contributed by atoms with Crippen molar-refractivity contribution >= 4 is 29.3 Å². The molecular formula is C22H22N4O7S. The van der Waals surface area contributed by atoms with Crippen LogP contribution in [0.1, 0.15) is 36.8 Å². The fourth-order valence-electron chi connectivity index (χ4n) is 3.30. The Kier molecular flexibility index (Phi) is 7.07. The summed E-state index contributed by atoms with van der Waals surface area (Å²) in [6.45, 7) is 3.21. The van der Waals surface area contributed by atoms with E-state index >= 15 is 0 Å². The summed E-state index contributed by atoms with van der Waals surface area (Å²) in [6.07, 6.45) is 0.157. The van der Waals surface area contributed by atoms with Crippen molar-refractivity contribution < 1.29 is 32.8 Å². The van der Waals surface area contributed by atoms with Crippen LogP contribution in [0.3, 0.4) is 0 Å². The molecule has 0 saturated carbocycles. The second-order valence-electron chi connectivity index (χ2n) is 7.24. The van der Waals surface area contributed by atoms with E-state index in [0.29, 0.717) is 23.2 Å². The number of urea groups is 1. The van der Waals surface area contributed by atoms with Crippen molar-refractivity contribution in [1.82, 2.24) is 20.8 Å². The Morgan fingerprint density at radius 2 is 2.09 bits per heavy atom. The van der Waals surface area contributed by atoms with Crippen LogP contribution in [-0.4, -0.2) is 41.3 Å². The number of aryl methyl sites for hydroxylation is 2. The summed E-state index contributed by atoms with van der Waals surface area (Å²) in [5, 5.41) is 11.0. The van der Waals surface area contributed by atoms with Crippen LogP contribution in [0.5, 0.6) is 0 Å². The molecular weight excluding hydrogens is 464 g/mol. The first-order valence-corrected chi connectivity index (χ1v) is 11.4. The van der Waals surface area contributed by atoms with Crippen LogP contribution in [0.2, 0.25) is 0 Å². The fourth-order valence-corrected chi connectivity index (χ4v) is 3.95. The maximum Gasteiger partial charge on any atom is 0.338 e. The molecule has 0 saturated heterocycles. The molecule has 0 unspecified atom stereocenters. The number of aromatic nitrogens is 2. The van der Waals surface area contributed by atoms with Gasteiger partial charge in [-0.05, 0) is 37.4 Å². The number of hydrogen-bond acceptors (Lipinski definition) is 10. The average molecular weight is 487 g/mol. The molecule has 178 valence electrons. The van der Waals surface area contributed by atoms with Crippen molar-refractivity contribution in [1.29, 1.82) is 0 Å². The van der Waals surface area contributed by atoms with Gasteiger partial charge in [0, 0.05) is 6.42 Å². The monoisotopic (exact) mass is 486 g/mol. The lowest BCUT2D eigenvalue weighted by atomic mass is 10.0. The average Bonchev–Trinajstić information content (AvgIpc) is 3.57. The third-order valence-corrected chi connectivity index (χ3v) is 5.69. The Morgan fingerprint density at radius 1 is 1.24 bits per heavy atom. The predicted molar refractivity (Wildman–Crippen MR) is 118 cm³/mol. The van der Waals surface area contributed by atoms with Crippen LogP contribution >= 0.6 is 11.3 Å². The molecule has 11 nitrogen and oxygen atoms in total. The fraction of sp³-hybridized carbons (Fsp3) is 0.318. The summed E-state index contributed by atoms with van der Waals surface area (Å²) in [7, 11) is 0. The van der Waals surface area contributed by atoms with Crippen LogP contribution in [0.25, 0.3) is 10.7 Å². The van der Waals surface area contributed by atoms with E-state index in [1.807, 2.05) is 17.5 Å². The Hall–Kier alpha value is -3.93. The van der Waals surface area contributed by atoms with Crippen LogP contribution < -0.4 is 10.6 Å². The number of ether oxygens (including phenoxy) is 2. The van der Waals surface area contributed by atoms with Gasteiger partial charge in [0.1, 0.15) is 24.2 Å². The summed E-state index contributed by atoms with van der Waals surface area (Å²) < 4.78 is 21.3. The summed E-state index contributed by atoms with van der Waals surface area (Å²) in [5.74, 6) is 0.505. The number of nitrogens with one attached hydrogen (secondary N) is 2. The minimum absolute atomic E-state index is 0.0267. The molecule has 3 aromatic rings. The third kappa shape index (κ3) is 5.34. The van der Waals surface area contributed by atoms with Gasteiger partial charge in [-0.2, -0.15) is 4.98 Å². The summed E-state index contributed by atoms with van der Waals surface area (Å²) in [6, 6.07) is 5.67. The Labute approximate surface area is 198 Å². The number of hydrogen-bond donors (Lipinski definition) is 2. The van der Waals surface area contributed by atoms with Gasteiger partial charge in [0.2, 0.25) is 11.7 Å². The van der Waals surface area contributed by atoms with Crippen molar-refractivity contribution in [2.24, 2.45) is 0 Å². The van der Waals surface area contributed by atoms with Crippen LogP contribution in [-0.2, 0) is 25.5 Å². The van der Waals surface area contributed by atoms with Gasteiger partial charge in [0.05, 0.1) is 29.2 Å². The van der Waals surface area contributed by atoms with Crippen LogP contribution in [0.15, 0.2) is 49.9 Å². The molecule has 3 aromatic heterocycles. The van der Waals surface area contributed by atoms with Crippen molar-refractivity contribution in [3.8, 4) is 10.7 Å². The van der Waals surface area contributed by atoms with Crippen molar-refractivity contribution in [2.75, 3.05) is 13.2 Å². The molecule has 2 N–H and O–H groups in total. The minimum Gasteiger partial charge on any atom is -0.464 e. The zero-order valence-corrected chi connectivity index (χ0v) is 19.3. The normalized spacial score (nSPS) is 15.6. The zero-order valence-electron chi connectivity index (χ0n) is 18.5. The van der Waals surface area contributed by atoms with Gasteiger partial charge in [-0.1, -0.05) is 11.2 Å². The topological polar surface area (TPSA) is 146 Å². The molecule has 0 aliphatic carbocycles. The molecule has 0 spiro atoms. The molecule has 1 atom stereocenters. The van der Waals surface area contributed by atoms with Gasteiger partial charge in [-0.15, -0.1) is 11.3 Å². The Morgan fingerprint density at radius 3 is 2.79 bits per heavy atom. The Bertz CT molecular complexity index is 1210. The number of carbonyl (C=O) groups excluding carboxylic acids is 3. The van der Waals surface area contributed by atoms with E-state index in [4.69, 9.17) is 18.4 Å². The molecule has 12 heteroatoms. The van der Waals surface area contributed by atoms with Gasteiger partial charge in [-0.25, -0.2) is 9.59 Å². The molecule has 1 aliphatic rings. The third-order valence-electron chi connectivity index (χ3n) is 4.82. The summed E-state index contributed by atoms with van der Waals surface area (Å²) in [5.41, 5.74) is 0.216. The molecule has 34 heavy (non-hydrogen) atoms. The first kappa shape index (κ1) is 23.2. The molecule has 0 fully saturated rings. The molecule has 0 radical (unpaired) electrons. The zero-order chi connectivity index (χ0) is 24.1. The highest BCUT2D eigenvalue weighted by Gasteiger charge is 2.36. The quantitative estimate of drug-likeness (QED) is 0.436. The van der Waals surface area contributed by atoms with Crippen molar-refractivity contribution in [2.45, 2.75) is 32.7 Å². The van der Waals surface area contributed by atoms with E-state index in [2.05, 4.69) is 20.8 Å². The van der Waals surface area contributed by atoms with Gasteiger partial charge in [0.25, 0.3) is 0 Å². The van der Waals surface area contributed by atoms with E-state index in [-0.39, 0.29) is 37.3 Å². The molecule has 4 rings (SSSR count). The lowest BCUT2D eigenvalue weighted by Crippen LogP contribution is -2.47. The summed E-state index contributed by atoms with van der Waals surface area (Å²) in [4.78, 5) is 42.4. The number of esters is 2. The maximum absolute atomic E-state index is 12.7. The second-order valence-corrected chi connectivity index (χ2v) is 8.19.